The van der Waals surface area contributed by atoms with Gasteiger partial charge in [0.1, 0.15) is 0 Å². The van der Waals surface area contributed by atoms with Crippen molar-refractivity contribution in [3.05, 3.63) is 27.1 Å². The fourth-order valence-electron chi connectivity index (χ4n) is 2.50. The lowest BCUT2D eigenvalue weighted by Crippen LogP contribution is -2.56. The zero-order chi connectivity index (χ0) is 13.1. The van der Waals surface area contributed by atoms with Gasteiger partial charge in [0.05, 0.1) is 5.69 Å². The van der Waals surface area contributed by atoms with Crippen LogP contribution in [-0.4, -0.2) is 25.2 Å². The van der Waals surface area contributed by atoms with Gasteiger partial charge in [-0.05, 0) is 47.0 Å². The number of anilines is 1. The van der Waals surface area contributed by atoms with Crippen molar-refractivity contribution in [2.45, 2.75) is 38.8 Å². The number of rotatable bonds is 3. The number of nitrogens with zero attached hydrogens (tertiary/aromatic N) is 1. The lowest BCUT2D eigenvalue weighted by atomic mass is 10.0. The first-order chi connectivity index (χ1) is 8.65. The van der Waals surface area contributed by atoms with Crippen LogP contribution in [-0.2, 0) is 0 Å². The minimum absolute atomic E-state index is 0.582. The van der Waals surface area contributed by atoms with Gasteiger partial charge in [-0.1, -0.05) is 29.8 Å². The Morgan fingerprint density at radius 2 is 2.06 bits per heavy atom. The summed E-state index contributed by atoms with van der Waals surface area (Å²) in [4.78, 5) is 2.54. The van der Waals surface area contributed by atoms with Crippen molar-refractivity contribution in [1.82, 2.24) is 5.32 Å². The highest BCUT2D eigenvalue weighted by atomic mass is 79.9. The molecule has 100 valence electrons. The van der Waals surface area contributed by atoms with Crippen LogP contribution in [0.2, 0.25) is 0 Å². The van der Waals surface area contributed by atoms with Gasteiger partial charge in [-0.3, -0.25) is 0 Å². The van der Waals surface area contributed by atoms with Crippen LogP contribution in [0, 0.1) is 0 Å². The van der Waals surface area contributed by atoms with Crippen LogP contribution in [0.15, 0.2) is 27.1 Å². The minimum atomic E-state index is 0.582. The maximum absolute atomic E-state index is 3.68. The van der Waals surface area contributed by atoms with E-state index in [0.717, 1.165) is 17.6 Å². The van der Waals surface area contributed by atoms with Crippen LogP contribution in [0.5, 0.6) is 0 Å². The number of hydrogen-bond donors (Lipinski definition) is 1. The van der Waals surface area contributed by atoms with Gasteiger partial charge in [-0.15, -0.1) is 0 Å². The van der Waals surface area contributed by atoms with Gasteiger partial charge in [0.15, 0.2) is 0 Å². The van der Waals surface area contributed by atoms with Crippen molar-refractivity contribution in [3.8, 4) is 0 Å². The summed E-state index contributed by atoms with van der Waals surface area (Å²) < 4.78 is 2.32. The maximum Gasteiger partial charge on any atom is 0.0525 e. The van der Waals surface area contributed by atoms with E-state index in [0.29, 0.717) is 12.1 Å². The van der Waals surface area contributed by atoms with E-state index >= 15 is 0 Å². The Labute approximate surface area is 126 Å². The molecule has 1 aliphatic heterocycles. The standard InChI is InChI=1S/C14H20Br2N2/c1-3-11-9-18(12(4-2)8-17-11)14-7-10(15)5-6-13(14)16/h5-7,11-12,17H,3-4,8-9H2,1-2H3. The molecule has 2 nitrogen and oxygen atoms in total. The van der Waals surface area contributed by atoms with Gasteiger partial charge in [0.2, 0.25) is 0 Å². The predicted octanol–water partition coefficient (Wildman–Crippen LogP) is 4.18. The fourth-order valence-corrected chi connectivity index (χ4v) is 3.33. The first-order valence-electron chi connectivity index (χ1n) is 6.60. The summed E-state index contributed by atoms with van der Waals surface area (Å²) in [5, 5.41) is 3.63. The van der Waals surface area contributed by atoms with Crippen molar-refractivity contribution >= 4 is 37.5 Å². The molecular weight excluding hydrogens is 356 g/mol. The number of halogens is 2. The van der Waals surface area contributed by atoms with E-state index < -0.39 is 0 Å². The smallest absolute Gasteiger partial charge is 0.0525 e. The molecule has 0 aromatic heterocycles. The minimum Gasteiger partial charge on any atom is -0.365 e. The Morgan fingerprint density at radius 3 is 2.72 bits per heavy atom. The monoisotopic (exact) mass is 374 g/mol. The molecule has 1 aromatic carbocycles. The topological polar surface area (TPSA) is 15.3 Å². The van der Waals surface area contributed by atoms with E-state index in [-0.39, 0.29) is 0 Å². The van der Waals surface area contributed by atoms with Gasteiger partial charge < -0.3 is 10.2 Å². The molecule has 0 amide bonds. The third-order valence-corrected chi connectivity index (χ3v) is 4.85. The summed E-state index contributed by atoms with van der Waals surface area (Å²) in [7, 11) is 0. The molecule has 2 atom stereocenters. The number of benzene rings is 1. The average molecular weight is 376 g/mol. The van der Waals surface area contributed by atoms with Crippen LogP contribution in [0.1, 0.15) is 26.7 Å². The SMILES string of the molecule is CCC1CN(c2cc(Br)ccc2Br)C(CC)CN1. The third kappa shape index (κ3) is 3.09. The van der Waals surface area contributed by atoms with Gasteiger partial charge in [0.25, 0.3) is 0 Å². The average Bonchev–Trinajstić information content (AvgIpc) is 2.40. The van der Waals surface area contributed by atoms with Crippen molar-refractivity contribution in [2.75, 3.05) is 18.0 Å². The molecular formula is C14H20Br2N2. The molecule has 4 heteroatoms. The molecule has 2 unspecified atom stereocenters. The molecule has 0 saturated carbocycles. The molecule has 1 saturated heterocycles. The summed E-state index contributed by atoms with van der Waals surface area (Å²) in [6, 6.07) is 7.59. The summed E-state index contributed by atoms with van der Waals surface area (Å²) in [6.45, 7) is 6.67. The summed E-state index contributed by atoms with van der Waals surface area (Å²) in [5.74, 6) is 0. The molecule has 1 aliphatic rings. The first-order valence-corrected chi connectivity index (χ1v) is 8.19. The Balaban J connectivity index is 2.29. The lowest BCUT2D eigenvalue weighted by molar-refractivity contribution is 0.378. The second-order valence-corrected chi connectivity index (χ2v) is 6.59. The van der Waals surface area contributed by atoms with Crippen molar-refractivity contribution < 1.29 is 0 Å². The molecule has 0 aliphatic carbocycles. The molecule has 0 spiro atoms. The van der Waals surface area contributed by atoms with Crippen molar-refractivity contribution in [1.29, 1.82) is 0 Å². The molecule has 1 heterocycles. The van der Waals surface area contributed by atoms with Crippen LogP contribution < -0.4 is 10.2 Å². The van der Waals surface area contributed by atoms with Crippen molar-refractivity contribution in [3.63, 3.8) is 0 Å². The Hall–Kier alpha value is -0.0600. The van der Waals surface area contributed by atoms with Gasteiger partial charge >= 0.3 is 0 Å². The quantitative estimate of drug-likeness (QED) is 0.852. The lowest BCUT2D eigenvalue weighted by Gasteiger charge is -2.42. The maximum atomic E-state index is 3.68. The van der Waals surface area contributed by atoms with Crippen LogP contribution in [0.25, 0.3) is 0 Å². The Morgan fingerprint density at radius 1 is 1.28 bits per heavy atom. The summed E-state index contributed by atoms with van der Waals surface area (Å²) in [6.07, 6.45) is 2.35. The normalized spacial score (nSPS) is 24.3. The van der Waals surface area contributed by atoms with E-state index in [1.165, 1.54) is 23.0 Å². The van der Waals surface area contributed by atoms with E-state index in [1.54, 1.807) is 0 Å². The molecule has 1 N–H and O–H groups in total. The zero-order valence-corrected chi connectivity index (χ0v) is 14.1. The highest BCUT2D eigenvalue weighted by Crippen LogP contribution is 2.32. The summed E-state index contributed by atoms with van der Waals surface area (Å²) >= 11 is 7.26. The van der Waals surface area contributed by atoms with Gasteiger partial charge in [-0.25, -0.2) is 0 Å². The third-order valence-electron chi connectivity index (χ3n) is 3.68. The fraction of sp³-hybridized carbons (Fsp3) is 0.571. The Bertz CT molecular complexity index is 409. The molecule has 0 bridgehead atoms. The van der Waals surface area contributed by atoms with E-state index in [9.17, 15) is 0 Å². The van der Waals surface area contributed by atoms with Crippen molar-refractivity contribution in [2.24, 2.45) is 0 Å². The molecule has 18 heavy (non-hydrogen) atoms. The first kappa shape index (κ1) is 14.4. The second kappa shape index (κ2) is 6.40. The molecule has 1 aromatic rings. The van der Waals surface area contributed by atoms with Gasteiger partial charge in [0, 0.05) is 34.1 Å². The molecule has 1 fully saturated rings. The van der Waals surface area contributed by atoms with Crippen LogP contribution in [0.4, 0.5) is 5.69 Å². The second-order valence-electron chi connectivity index (χ2n) is 4.82. The van der Waals surface area contributed by atoms with Crippen LogP contribution in [0.3, 0.4) is 0 Å². The van der Waals surface area contributed by atoms with E-state index in [2.05, 4.69) is 74.1 Å². The number of nitrogens with one attached hydrogen (secondary N) is 1. The molecule has 0 radical (unpaired) electrons. The summed E-state index contributed by atoms with van der Waals surface area (Å²) in [5.41, 5.74) is 1.30. The predicted molar refractivity (Wildman–Crippen MR) is 85.3 cm³/mol. The number of piperazine rings is 1. The van der Waals surface area contributed by atoms with E-state index in [4.69, 9.17) is 0 Å². The largest absolute Gasteiger partial charge is 0.365 e. The van der Waals surface area contributed by atoms with Crippen LogP contribution >= 0.6 is 31.9 Å². The number of hydrogen-bond acceptors (Lipinski definition) is 2. The Kier molecular flexibility index (Phi) is 5.10. The van der Waals surface area contributed by atoms with Gasteiger partial charge in [-0.2, -0.15) is 0 Å². The molecule has 2 rings (SSSR count). The highest BCUT2D eigenvalue weighted by molar-refractivity contribution is 9.11. The highest BCUT2D eigenvalue weighted by Gasteiger charge is 2.27. The van der Waals surface area contributed by atoms with E-state index in [1.807, 2.05) is 0 Å². The zero-order valence-electron chi connectivity index (χ0n) is 10.9.